The van der Waals surface area contributed by atoms with Crippen molar-refractivity contribution in [3.05, 3.63) is 34.6 Å². The molecule has 1 aromatic carbocycles. The van der Waals surface area contributed by atoms with E-state index in [1.165, 1.54) is 6.07 Å². The van der Waals surface area contributed by atoms with Crippen LogP contribution in [0.4, 0.5) is 4.39 Å². The van der Waals surface area contributed by atoms with Crippen molar-refractivity contribution in [3.63, 3.8) is 0 Å². The number of nitrogens with two attached hydrogens (primary N) is 1. The highest BCUT2D eigenvalue weighted by Crippen LogP contribution is 2.19. The molecule has 3 N–H and O–H groups in total. The van der Waals surface area contributed by atoms with Gasteiger partial charge < -0.3 is 11.1 Å². The number of carbonyl (C=O) groups is 1. The minimum atomic E-state index is -0.439. The number of primary amides is 1. The Balaban J connectivity index is 2.44. The van der Waals surface area contributed by atoms with Crippen LogP contribution in [0.15, 0.2) is 18.2 Å². The van der Waals surface area contributed by atoms with Crippen LogP contribution in [0.25, 0.3) is 0 Å². The fourth-order valence-corrected chi connectivity index (χ4v) is 1.31. The number of amides is 1. The maximum atomic E-state index is 13.0. The van der Waals surface area contributed by atoms with Crippen molar-refractivity contribution in [2.24, 2.45) is 5.73 Å². The Morgan fingerprint density at radius 3 is 2.93 bits per heavy atom. The van der Waals surface area contributed by atoms with Gasteiger partial charge in [-0.15, -0.1) is 0 Å². The van der Waals surface area contributed by atoms with E-state index in [0.29, 0.717) is 18.7 Å². The standard InChI is InChI=1S/C10H12ClFN2O/c11-10-7(2-1-3-8(10)12)6-14-5-4-9(13)15/h1-3,14H,4-6H2,(H2,13,15). The van der Waals surface area contributed by atoms with Gasteiger partial charge in [0.25, 0.3) is 0 Å². The van der Waals surface area contributed by atoms with Crippen molar-refractivity contribution in [1.82, 2.24) is 5.32 Å². The average Bonchev–Trinajstić information content (AvgIpc) is 2.18. The van der Waals surface area contributed by atoms with Gasteiger partial charge in [-0.1, -0.05) is 23.7 Å². The Labute approximate surface area is 92.4 Å². The van der Waals surface area contributed by atoms with Crippen LogP contribution in [0.2, 0.25) is 5.02 Å². The first-order chi connectivity index (χ1) is 7.11. The van der Waals surface area contributed by atoms with Gasteiger partial charge in [0.1, 0.15) is 5.82 Å². The van der Waals surface area contributed by atoms with E-state index in [4.69, 9.17) is 17.3 Å². The molecular weight excluding hydrogens is 219 g/mol. The Hall–Kier alpha value is -1.13. The van der Waals surface area contributed by atoms with Gasteiger partial charge in [-0.3, -0.25) is 4.79 Å². The average molecular weight is 231 g/mol. The van der Waals surface area contributed by atoms with Crippen LogP contribution in [0.3, 0.4) is 0 Å². The molecule has 1 rings (SSSR count). The van der Waals surface area contributed by atoms with Crippen molar-refractivity contribution in [3.8, 4) is 0 Å². The van der Waals surface area contributed by atoms with Crippen LogP contribution in [0.1, 0.15) is 12.0 Å². The smallest absolute Gasteiger partial charge is 0.218 e. The van der Waals surface area contributed by atoms with E-state index in [-0.39, 0.29) is 17.4 Å². The number of nitrogens with one attached hydrogen (secondary N) is 1. The minimum absolute atomic E-state index is 0.115. The van der Waals surface area contributed by atoms with Gasteiger partial charge in [-0.25, -0.2) is 4.39 Å². The number of carbonyl (C=O) groups excluding carboxylic acids is 1. The van der Waals surface area contributed by atoms with E-state index in [1.54, 1.807) is 12.1 Å². The summed E-state index contributed by atoms with van der Waals surface area (Å²) in [4.78, 5) is 10.4. The van der Waals surface area contributed by atoms with Crippen molar-refractivity contribution in [2.75, 3.05) is 6.54 Å². The molecule has 0 aliphatic carbocycles. The van der Waals surface area contributed by atoms with Gasteiger partial charge in [0.15, 0.2) is 0 Å². The predicted octanol–water partition coefficient (Wildman–Crippen LogP) is 1.44. The Morgan fingerprint density at radius 2 is 2.27 bits per heavy atom. The molecule has 0 aromatic heterocycles. The molecule has 82 valence electrons. The molecule has 0 heterocycles. The number of rotatable bonds is 5. The lowest BCUT2D eigenvalue weighted by atomic mass is 10.2. The maximum absolute atomic E-state index is 13.0. The van der Waals surface area contributed by atoms with Crippen molar-refractivity contribution >= 4 is 17.5 Å². The molecule has 3 nitrogen and oxygen atoms in total. The first-order valence-electron chi connectivity index (χ1n) is 4.53. The molecule has 0 spiro atoms. The molecule has 0 aliphatic heterocycles. The molecule has 15 heavy (non-hydrogen) atoms. The molecule has 0 unspecified atom stereocenters. The molecule has 5 heteroatoms. The van der Waals surface area contributed by atoms with Crippen LogP contribution < -0.4 is 11.1 Å². The van der Waals surface area contributed by atoms with Gasteiger partial charge in [-0.2, -0.15) is 0 Å². The zero-order valence-corrected chi connectivity index (χ0v) is 8.85. The summed E-state index contributed by atoms with van der Waals surface area (Å²) in [5.41, 5.74) is 5.63. The third-order valence-electron chi connectivity index (χ3n) is 1.90. The molecule has 0 bridgehead atoms. The Kier molecular flexibility index (Phi) is 4.52. The maximum Gasteiger partial charge on any atom is 0.218 e. The van der Waals surface area contributed by atoms with Crippen LogP contribution in [-0.4, -0.2) is 12.5 Å². The summed E-state index contributed by atoms with van der Waals surface area (Å²) in [6.07, 6.45) is 0.257. The minimum Gasteiger partial charge on any atom is -0.370 e. The van der Waals surface area contributed by atoms with E-state index < -0.39 is 5.82 Å². The third kappa shape index (κ3) is 3.85. The van der Waals surface area contributed by atoms with Crippen molar-refractivity contribution < 1.29 is 9.18 Å². The second-order valence-corrected chi connectivity index (χ2v) is 3.48. The van der Waals surface area contributed by atoms with Crippen LogP contribution in [-0.2, 0) is 11.3 Å². The summed E-state index contributed by atoms with van der Waals surface area (Å²) < 4.78 is 13.0. The highest BCUT2D eigenvalue weighted by molar-refractivity contribution is 6.31. The monoisotopic (exact) mass is 230 g/mol. The van der Waals surface area contributed by atoms with Crippen LogP contribution in [0.5, 0.6) is 0 Å². The van der Waals surface area contributed by atoms with E-state index in [0.717, 1.165) is 0 Å². The van der Waals surface area contributed by atoms with Gasteiger partial charge in [0.2, 0.25) is 5.91 Å². The Bertz CT molecular complexity index is 357. The highest BCUT2D eigenvalue weighted by atomic mass is 35.5. The van der Waals surface area contributed by atoms with Crippen molar-refractivity contribution in [1.29, 1.82) is 0 Å². The van der Waals surface area contributed by atoms with E-state index in [9.17, 15) is 9.18 Å². The molecule has 0 saturated carbocycles. The normalized spacial score (nSPS) is 10.3. The summed E-state index contributed by atoms with van der Waals surface area (Å²) >= 11 is 5.73. The molecule has 0 saturated heterocycles. The van der Waals surface area contributed by atoms with Gasteiger partial charge in [0, 0.05) is 19.5 Å². The zero-order chi connectivity index (χ0) is 11.3. The number of halogens is 2. The van der Waals surface area contributed by atoms with E-state index >= 15 is 0 Å². The lowest BCUT2D eigenvalue weighted by Crippen LogP contribution is -2.21. The van der Waals surface area contributed by atoms with E-state index in [1.807, 2.05) is 0 Å². The molecule has 0 atom stereocenters. The number of benzene rings is 1. The lowest BCUT2D eigenvalue weighted by molar-refractivity contribution is -0.117. The fourth-order valence-electron chi connectivity index (χ4n) is 1.12. The predicted molar refractivity (Wildman–Crippen MR) is 56.9 cm³/mol. The lowest BCUT2D eigenvalue weighted by Gasteiger charge is -2.05. The zero-order valence-electron chi connectivity index (χ0n) is 8.09. The molecule has 1 amide bonds. The third-order valence-corrected chi connectivity index (χ3v) is 2.32. The van der Waals surface area contributed by atoms with E-state index in [2.05, 4.69) is 5.32 Å². The summed E-state index contributed by atoms with van der Waals surface area (Å²) in [5.74, 6) is -0.807. The second-order valence-electron chi connectivity index (χ2n) is 3.11. The highest BCUT2D eigenvalue weighted by Gasteiger charge is 2.04. The Morgan fingerprint density at radius 1 is 1.53 bits per heavy atom. The van der Waals surface area contributed by atoms with Crippen molar-refractivity contribution in [2.45, 2.75) is 13.0 Å². The fraction of sp³-hybridized carbons (Fsp3) is 0.300. The molecule has 0 aliphatic rings. The summed E-state index contributed by atoms with van der Waals surface area (Å²) in [5, 5.41) is 3.06. The summed E-state index contributed by atoms with van der Waals surface area (Å²) in [6.45, 7) is 0.881. The molecule has 1 aromatic rings. The summed E-state index contributed by atoms with van der Waals surface area (Å²) in [7, 11) is 0. The van der Waals surface area contributed by atoms with Gasteiger partial charge in [-0.05, 0) is 11.6 Å². The number of hydrogen-bond acceptors (Lipinski definition) is 2. The van der Waals surface area contributed by atoms with Gasteiger partial charge >= 0.3 is 0 Å². The SMILES string of the molecule is NC(=O)CCNCc1cccc(F)c1Cl. The van der Waals surface area contributed by atoms with Crippen LogP contribution >= 0.6 is 11.6 Å². The summed E-state index contributed by atoms with van der Waals surface area (Å²) in [6, 6.07) is 4.62. The van der Waals surface area contributed by atoms with Gasteiger partial charge in [0.05, 0.1) is 5.02 Å². The quantitative estimate of drug-likeness (QED) is 0.753. The first-order valence-corrected chi connectivity index (χ1v) is 4.91. The number of hydrogen-bond donors (Lipinski definition) is 2. The molecule has 0 radical (unpaired) electrons. The molecule has 0 fully saturated rings. The first kappa shape index (κ1) is 11.9. The largest absolute Gasteiger partial charge is 0.370 e. The topological polar surface area (TPSA) is 55.1 Å². The molecular formula is C10H12ClFN2O. The van der Waals surface area contributed by atoms with Crippen LogP contribution in [0, 0.1) is 5.82 Å². The second kappa shape index (κ2) is 5.68.